The number of carbonyl (C=O) groups is 1. The molecule has 3 heterocycles. The molecule has 0 fully saturated rings. The number of carbonyl (C=O) groups excluding carboxylic acids is 1. The van der Waals surface area contributed by atoms with Gasteiger partial charge in [-0.2, -0.15) is 0 Å². The van der Waals surface area contributed by atoms with E-state index in [1.165, 1.54) is 33.8 Å². The van der Waals surface area contributed by atoms with E-state index in [1.54, 1.807) is 19.2 Å². The summed E-state index contributed by atoms with van der Waals surface area (Å²) in [5, 5.41) is 5.00. The van der Waals surface area contributed by atoms with Gasteiger partial charge in [-0.3, -0.25) is 0 Å². The molecule has 1 N–H and O–H groups in total. The first-order chi connectivity index (χ1) is 17.1. The average Bonchev–Trinajstić information content (AvgIpc) is 3.47. The van der Waals surface area contributed by atoms with E-state index >= 15 is 0 Å². The normalized spacial score (nSPS) is 16.6. The number of thiophene rings is 1. The third-order valence-electron chi connectivity index (χ3n) is 6.97. The molecule has 6 rings (SSSR count). The van der Waals surface area contributed by atoms with Crippen molar-refractivity contribution in [3.63, 3.8) is 0 Å². The Morgan fingerprint density at radius 1 is 1.03 bits per heavy atom. The van der Waals surface area contributed by atoms with Crippen molar-refractivity contribution < 1.29 is 9.53 Å². The Hall–Kier alpha value is -3.22. The van der Waals surface area contributed by atoms with Gasteiger partial charge in [0, 0.05) is 27.3 Å². The quantitative estimate of drug-likeness (QED) is 0.321. The van der Waals surface area contributed by atoms with E-state index in [-0.39, 0.29) is 12.1 Å². The van der Waals surface area contributed by atoms with Crippen LogP contribution in [-0.4, -0.2) is 22.6 Å². The average molecular weight is 504 g/mol. The summed E-state index contributed by atoms with van der Waals surface area (Å²) in [7, 11) is 1.67. The van der Waals surface area contributed by atoms with Gasteiger partial charge in [-0.1, -0.05) is 23.7 Å². The minimum absolute atomic E-state index is 0.135. The lowest BCUT2D eigenvalue weighted by Gasteiger charge is -2.31. The number of nitrogens with zero attached hydrogens (tertiary/aromatic N) is 2. The van der Waals surface area contributed by atoms with Crippen LogP contribution in [0.15, 0.2) is 66.9 Å². The summed E-state index contributed by atoms with van der Waals surface area (Å²) in [5.41, 5.74) is 5.57. The molecule has 2 amide bonds. The van der Waals surface area contributed by atoms with Crippen molar-refractivity contribution in [2.75, 3.05) is 12.4 Å². The molecule has 1 unspecified atom stereocenters. The van der Waals surface area contributed by atoms with E-state index < -0.39 is 0 Å². The Balaban J connectivity index is 1.48. The molecule has 0 radical (unpaired) electrons. The van der Waals surface area contributed by atoms with Gasteiger partial charge in [-0.15, -0.1) is 11.3 Å². The standard InChI is InChI=1S/C28H26ClN3O2S/c1-34-21-14-8-18(9-15-21)26-24-6-4-16-31(24)27-23(22-5-2-3-7-25(22)35-27)17-32(26)28(33)30-20-12-10-19(29)11-13-20/h4,6,8-16,26H,2-3,5,7,17H2,1H3,(H,30,33). The maximum absolute atomic E-state index is 13.9. The van der Waals surface area contributed by atoms with Gasteiger partial charge in [0.25, 0.3) is 0 Å². The molecule has 0 saturated carbocycles. The molecular formula is C28H26ClN3O2S. The highest BCUT2D eigenvalue weighted by Crippen LogP contribution is 2.44. The van der Waals surface area contributed by atoms with Crippen LogP contribution >= 0.6 is 22.9 Å². The SMILES string of the molecule is COc1ccc(C2c3cccn3-c3sc4c(c3CN2C(=O)Nc2ccc(Cl)cc2)CCCC4)cc1. The first-order valence-electron chi connectivity index (χ1n) is 11.9. The summed E-state index contributed by atoms with van der Waals surface area (Å²) in [4.78, 5) is 17.3. The fourth-order valence-corrected chi connectivity index (χ4v) is 6.78. The minimum atomic E-state index is -0.248. The van der Waals surface area contributed by atoms with Crippen LogP contribution < -0.4 is 10.1 Å². The number of anilines is 1. The fourth-order valence-electron chi connectivity index (χ4n) is 5.25. The Morgan fingerprint density at radius 2 is 1.80 bits per heavy atom. The zero-order chi connectivity index (χ0) is 23.9. The number of aryl methyl sites for hydroxylation is 1. The number of hydrogen-bond acceptors (Lipinski definition) is 3. The van der Waals surface area contributed by atoms with E-state index in [1.807, 2.05) is 40.5 Å². The maximum atomic E-state index is 13.9. The van der Waals surface area contributed by atoms with E-state index in [4.69, 9.17) is 16.3 Å². The summed E-state index contributed by atoms with van der Waals surface area (Å²) in [6, 6.07) is 19.1. The molecule has 178 valence electrons. The highest BCUT2D eigenvalue weighted by molar-refractivity contribution is 7.15. The van der Waals surface area contributed by atoms with Crippen LogP contribution in [0.3, 0.4) is 0 Å². The maximum Gasteiger partial charge on any atom is 0.322 e. The number of aromatic nitrogens is 1. The third kappa shape index (κ3) is 4.01. The first-order valence-corrected chi connectivity index (χ1v) is 13.1. The van der Waals surface area contributed by atoms with Crippen molar-refractivity contribution in [3.05, 3.63) is 99.1 Å². The topological polar surface area (TPSA) is 46.5 Å². The van der Waals surface area contributed by atoms with Crippen molar-refractivity contribution >= 4 is 34.7 Å². The number of hydrogen-bond donors (Lipinski definition) is 1. The largest absolute Gasteiger partial charge is 0.497 e. The molecule has 4 aromatic rings. The molecule has 1 aliphatic heterocycles. The molecule has 1 aliphatic carbocycles. The zero-order valence-electron chi connectivity index (χ0n) is 19.5. The summed E-state index contributed by atoms with van der Waals surface area (Å²) in [5.74, 6) is 0.795. The number of methoxy groups -OCH3 is 1. The number of nitrogens with one attached hydrogen (secondary N) is 1. The van der Waals surface area contributed by atoms with Crippen LogP contribution in [0.2, 0.25) is 5.02 Å². The Morgan fingerprint density at radius 3 is 2.57 bits per heavy atom. The predicted molar refractivity (Wildman–Crippen MR) is 141 cm³/mol. The molecule has 0 bridgehead atoms. The Labute approximate surface area is 213 Å². The van der Waals surface area contributed by atoms with Gasteiger partial charge in [0.2, 0.25) is 0 Å². The van der Waals surface area contributed by atoms with Gasteiger partial charge in [-0.05, 0) is 85.3 Å². The number of halogens is 1. The first kappa shape index (κ1) is 22.3. The Bertz CT molecular complexity index is 1370. The van der Waals surface area contributed by atoms with Crippen molar-refractivity contribution in [2.45, 2.75) is 38.3 Å². The second kappa shape index (κ2) is 9.10. The lowest BCUT2D eigenvalue weighted by Crippen LogP contribution is -2.38. The summed E-state index contributed by atoms with van der Waals surface area (Å²) in [6.45, 7) is 0.555. The molecule has 0 saturated heterocycles. The van der Waals surface area contributed by atoms with Crippen molar-refractivity contribution in [1.29, 1.82) is 0 Å². The second-order valence-electron chi connectivity index (χ2n) is 9.04. The number of rotatable bonds is 3. The summed E-state index contributed by atoms with van der Waals surface area (Å²) < 4.78 is 7.69. The van der Waals surface area contributed by atoms with E-state index in [2.05, 4.69) is 40.3 Å². The van der Waals surface area contributed by atoms with E-state index in [9.17, 15) is 4.79 Å². The zero-order valence-corrected chi connectivity index (χ0v) is 21.0. The molecule has 7 heteroatoms. The summed E-state index contributed by atoms with van der Waals surface area (Å²) in [6.07, 6.45) is 6.78. The molecule has 2 aromatic carbocycles. The lowest BCUT2D eigenvalue weighted by molar-refractivity contribution is 0.194. The molecule has 5 nitrogen and oxygen atoms in total. The van der Waals surface area contributed by atoms with Crippen LogP contribution in [0.4, 0.5) is 10.5 Å². The third-order valence-corrected chi connectivity index (χ3v) is 8.55. The molecule has 1 atom stereocenters. The highest BCUT2D eigenvalue weighted by atomic mass is 35.5. The fraction of sp³-hybridized carbons (Fsp3) is 0.250. The number of fused-ring (bicyclic) bond motifs is 5. The second-order valence-corrected chi connectivity index (χ2v) is 10.6. The number of benzene rings is 2. The van der Waals surface area contributed by atoms with Gasteiger partial charge in [0.05, 0.1) is 25.4 Å². The molecule has 0 spiro atoms. The van der Waals surface area contributed by atoms with E-state index in [0.29, 0.717) is 11.6 Å². The van der Waals surface area contributed by atoms with Crippen LogP contribution in [0.1, 0.15) is 46.1 Å². The van der Waals surface area contributed by atoms with Gasteiger partial charge >= 0.3 is 6.03 Å². The molecule has 35 heavy (non-hydrogen) atoms. The smallest absolute Gasteiger partial charge is 0.322 e. The number of amides is 2. The molecular weight excluding hydrogens is 478 g/mol. The lowest BCUT2D eigenvalue weighted by atomic mass is 9.95. The van der Waals surface area contributed by atoms with Crippen LogP contribution in [-0.2, 0) is 19.4 Å². The van der Waals surface area contributed by atoms with E-state index in [0.717, 1.165) is 35.5 Å². The Kier molecular flexibility index (Phi) is 5.78. The van der Waals surface area contributed by atoms with Crippen LogP contribution in [0.25, 0.3) is 5.00 Å². The van der Waals surface area contributed by atoms with Gasteiger partial charge in [0.1, 0.15) is 10.8 Å². The summed E-state index contributed by atoms with van der Waals surface area (Å²) >= 11 is 7.96. The van der Waals surface area contributed by atoms with Gasteiger partial charge in [0.15, 0.2) is 0 Å². The van der Waals surface area contributed by atoms with Crippen LogP contribution in [0.5, 0.6) is 5.75 Å². The van der Waals surface area contributed by atoms with Gasteiger partial charge < -0.3 is 19.5 Å². The number of ether oxygens (including phenoxy) is 1. The minimum Gasteiger partial charge on any atom is -0.497 e. The molecule has 2 aliphatic rings. The van der Waals surface area contributed by atoms with Crippen molar-refractivity contribution in [3.8, 4) is 10.8 Å². The molecule has 2 aromatic heterocycles. The van der Waals surface area contributed by atoms with Crippen molar-refractivity contribution in [2.24, 2.45) is 0 Å². The monoisotopic (exact) mass is 503 g/mol. The highest BCUT2D eigenvalue weighted by Gasteiger charge is 2.36. The number of urea groups is 1. The van der Waals surface area contributed by atoms with Crippen molar-refractivity contribution in [1.82, 2.24) is 9.47 Å². The van der Waals surface area contributed by atoms with Crippen LogP contribution in [0, 0.1) is 0 Å². The predicted octanol–water partition coefficient (Wildman–Crippen LogP) is 7.22. The van der Waals surface area contributed by atoms with Gasteiger partial charge in [-0.25, -0.2) is 4.79 Å².